The van der Waals surface area contributed by atoms with Gasteiger partial charge >= 0.3 is 0 Å². The van der Waals surface area contributed by atoms with Crippen LogP contribution in [-0.4, -0.2) is 28.8 Å². The number of carbonyl (C=O) groups is 2. The Morgan fingerprint density at radius 1 is 1.17 bits per heavy atom. The third-order valence-corrected chi connectivity index (χ3v) is 5.02. The summed E-state index contributed by atoms with van der Waals surface area (Å²) < 4.78 is 0. The van der Waals surface area contributed by atoms with Crippen LogP contribution in [0.2, 0.25) is 5.02 Å². The zero-order chi connectivity index (χ0) is 22.5. The second kappa shape index (κ2) is 9.58. The number of benzene rings is 2. The molecule has 0 spiro atoms. The fraction of sp³-hybridized carbons (Fsp3) is 0.333. The van der Waals surface area contributed by atoms with Gasteiger partial charge in [-0.25, -0.2) is 0 Å². The molecule has 0 atom stereocenters. The highest BCUT2D eigenvalue weighted by Gasteiger charge is 2.20. The number of nitrogens with zero attached hydrogens (tertiary/aromatic N) is 1. The van der Waals surface area contributed by atoms with Crippen LogP contribution in [0.5, 0.6) is 0 Å². The minimum absolute atomic E-state index is 0.0765. The van der Waals surface area contributed by atoms with Crippen LogP contribution in [0, 0.1) is 17.0 Å². The number of nitrogens with one attached hydrogen (secondary N) is 3. The number of rotatable bonds is 8. The van der Waals surface area contributed by atoms with E-state index in [0.717, 1.165) is 6.42 Å². The summed E-state index contributed by atoms with van der Waals surface area (Å²) in [6, 6.07) is 9.09. The van der Waals surface area contributed by atoms with Gasteiger partial charge in [0.25, 0.3) is 11.6 Å². The smallest absolute Gasteiger partial charge is 0.271 e. The van der Waals surface area contributed by atoms with Crippen molar-refractivity contribution in [3.63, 3.8) is 0 Å². The molecule has 8 nitrogen and oxygen atoms in total. The third kappa shape index (κ3) is 6.18. The molecule has 0 saturated heterocycles. The van der Waals surface area contributed by atoms with Gasteiger partial charge in [-0.2, -0.15) is 0 Å². The van der Waals surface area contributed by atoms with Crippen LogP contribution in [-0.2, 0) is 4.79 Å². The molecule has 0 aromatic heterocycles. The Balaban J connectivity index is 2.00. The van der Waals surface area contributed by atoms with E-state index in [4.69, 9.17) is 11.6 Å². The molecule has 9 heteroatoms. The number of hydrogen-bond acceptors (Lipinski definition) is 5. The van der Waals surface area contributed by atoms with Crippen LogP contribution in [0.15, 0.2) is 36.4 Å². The average molecular weight is 433 g/mol. The van der Waals surface area contributed by atoms with Gasteiger partial charge in [0.1, 0.15) is 0 Å². The summed E-state index contributed by atoms with van der Waals surface area (Å²) in [6.07, 6.45) is 0.773. The fourth-order valence-electron chi connectivity index (χ4n) is 2.51. The van der Waals surface area contributed by atoms with Crippen molar-refractivity contribution >= 4 is 40.5 Å². The van der Waals surface area contributed by atoms with Gasteiger partial charge in [-0.3, -0.25) is 19.7 Å². The molecular weight excluding hydrogens is 408 g/mol. The summed E-state index contributed by atoms with van der Waals surface area (Å²) in [5.74, 6) is -0.640. The largest absolute Gasteiger partial charge is 0.376 e. The molecular formula is C21H25ClN4O4. The van der Waals surface area contributed by atoms with E-state index in [-0.39, 0.29) is 34.6 Å². The minimum Gasteiger partial charge on any atom is -0.376 e. The molecule has 160 valence electrons. The first-order valence-corrected chi connectivity index (χ1v) is 9.81. The molecule has 0 saturated carbocycles. The van der Waals surface area contributed by atoms with Crippen LogP contribution in [0.1, 0.15) is 43.1 Å². The molecule has 0 unspecified atom stereocenters. The standard InChI is InChI=1S/C21H25ClN4O4/c1-5-21(3,4)25-20(28)16-9-7-14(10-17(16)22)23-12-19(27)24-18-11-15(26(29)30)8-6-13(18)2/h6-11,23H,5,12H2,1-4H3,(H,24,27)(H,25,28). The molecule has 0 heterocycles. The van der Waals surface area contributed by atoms with Gasteiger partial charge in [0.2, 0.25) is 5.91 Å². The zero-order valence-electron chi connectivity index (χ0n) is 17.3. The lowest BCUT2D eigenvalue weighted by Crippen LogP contribution is -2.42. The van der Waals surface area contributed by atoms with Crippen molar-refractivity contribution in [2.45, 2.75) is 39.7 Å². The van der Waals surface area contributed by atoms with Gasteiger partial charge in [-0.05, 0) is 51.0 Å². The molecule has 0 fully saturated rings. The number of non-ortho nitro benzene ring substituents is 1. The van der Waals surface area contributed by atoms with Gasteiger partial charge in [0.15, 0.2) is 0 Å². The second-order valence-corrected chi connectivity index (χ2v) is 7.95. The van der Waals surface area contributed by atoms with Crippen LogP contribution in [0.3, 0.4) is 0 Å². The lowest BCUT2D eigenvalue weighted by Gasteiger charge is -2.24. The molecule has 3 N–H and O–H groups in total. The number of hydrogen-bond donors (Lipinski definition) is 3. The number of amides is 2. The van der Waals surface area contributed by atoms with E-state index in [1.165, 1.54) is 12.1 Å². The number of carbonyl (C=O) groups excluding carboxylic acids is 2. The van der Waals surface area contributed by atoms with Crippen LogP contribution >= 0.6 is 11.6 Å². The lowest BCUT2D eigenvalue weighted by atomic mass is 10.0. The Bertz CT molecular complexity index is 975. The van der Waals surface area contributed by atoms with Crippen molar-refractivity contribution in [1.82, 2.24) is 5.32 Å². The van der Waals surface area contributed by atoms with Gasteiger partial charge in [-0.15, -0.1) is 0 Å². The number of nitro benzene ring substituents is 1. The molecule has 0 aliphatic heterocycles. The van der Waals surface area contributed by atoms with Crippen molar-refractivity contribution in [2.75, 3.05) is 17.2 Å². The highest BCUT2D eigenvalue weighted by atomic mass is 35.5. The van der Waals surface area contributed by atoms with E-state index in [0.29, 0.717) is 22.5 Å². The van der Waals surface area contributed by atoms with Crippen LogP contribution in [0.4, 0.5) is 17.1 Å². The summed E-state index contributed by atoms with van der Waals surface area (Å²) >= 11 is 6.24. The van der Waals surface area contributed by atoms with Gasteiger partial charge in [0, 0.05) is 23.4 Å². The van der Waals surface area contributed by atoms with Crippen molar-refractivity contribution < 1.29 is 14.5 Å². The van der Waals surface area contributed by atoms with E-state index in [9.17, 15) is 19.7 Å². The monoisotopic (exact) mass is 432 g/mol. The second-order valence-electron chi connectivity index (χ2n) is 7.54. The first kappa shape index (κ1) is 23.2. The summed E-state index contributed by atoms with van der Waals surface area (Å²) in [5.41, 5.74) is 1.55. The first-order chi connectivity index (χ1) is 14.0. The Labute approximate surface area is 180 Å². The number of nitro groups is 1. The average Bonchev–Trinajstić information content (AvgIpc) is 2.67. The Kier molecular flexibility index (Phi) is 7.39. The van der Waals surface area contributed by atoms with Crippen molar-refractivity contribution in [3.05, 3.63) is 62.7 Å². The van der Waals surface area contributed by atoms with Gasteiger partial charge in [0.05, 0.1) is 27.7 Å². The maximum absolute atomic E-state index is 12.4. The highest BCUT2D eigenvalue weighted by molar-refractivity contribution is 6.34. The van der Waals surface area contributed by atoms with E-state index in [1.807, 2.05) is 20.8 Å². The molecule has 2 aromatic rings. The van der Waals surface area contributed by atoms with E-state index in [2.05, 4.69) is 16.0 Å². The molecule has 2 amide bonds. The fourth-order valence-corrected chi connectivity index (χ4v) is 2.77. The van der Waals surface area contributed by atoms with E-state index in [1.54, 1.807) is 31.2 Å². The molecule has 0 radical (unpaired) electrons. The maximum Gasteiger partial charge on any atom is 0.271 e. The van der Waals surface area contributed by atoms with Gasteiger partial charge < -0.3 is 16.0 Å². The SMILES string of the molecule is CCC(C)(C)NC(=O)c1ccc(NCC(=O)Nc2cc([N+](=O)[O-])ccc2C)cc1Cl. The van der Waals surface area contributed by atoms with E-state index < -0.39 is 4.92 Å². The molecule has 0 aliphatic carbocycles. The summed E-state index contributed by atoms with van der Waals surface area (Å²) in [4.78, 5) is 35.0. The zero-order valence-corrected chi connectivity index (χ0v) is 18.1. The van der Waals surface area contributed by atoms with Crippen molar-refractivity contribution in [1.29, 1.82) is 0 Å². The molecule has 0 bridgehead atoms. The maximum atomic E-state index is 12.4. The van der Waals surface area contributed by atoms with Gasteiger partial charge in [-0.1, -0.05) is 24.6 Å². The minimum atomic E-state index is -0.519. The predicted octanol–water partition coefficient (Wildman–Crippen LogP) is 4.53. The third-order valence-electron chi connectivity index (χ3n) is 4.71. The number of halogens is 1. The van der Waals surface area contributed by atoms with Crippen LogP contribution < -0.4 is 16.0 Å². The highest BCUT2D eigenvalue weighted by Crippen LogP contribution is 2.23. The Morgan fingerprint density at radius 3 is 2.47 bits per heavy atom. The normalized spacial score (nSPS) is 11.0. The lowest BCUT2D eigenvalue weighted by molar-refractivity contribution is -0.384. The number of aryl methyl sites for hydroxylation is 1. The Morgan fingerprint density at radius 2 is 1.87 bits per heavy atom. The Hall–Kier alpha value is -3.13. The molecule has 30 heavy (non-hydrogen) atoms. The number of anilines is 2. The molecule has 0 aliphatic rings. The first-order valence-electron chi connectivity index (χ1n) is 9.43. The summed E-state index contributed by atoms with van der Waals surface area (Å²) in [5, 5.41) is 19.7. The summed E-state index contributed by atoms with van der Waals surface area (Å²) in [6.45, 7) is 7.50. The topological polar surface area (TPSA) is 113 Å². The molecule has 2 rings (SSSR count). The van der Waals surface area contributed by atoms with E-state index >= 15 is 0 Å². The molecule has 2 aromatic carbocycles. The predicted molar refractivity (Wildman–Crippen MR) is 118 cm³/mol. The van der Waals surface area contributed by atoms with Crippen LogP contribution in [0.25, 0.3) is 0 Å². The summed E-state index contributed by atoms with van der Waals surface area (Å²) in [7, 11) is 0. The van der Waals surface area contributed by atoms with Crippen molar-refractivity contribution in [2.24, 2.45) is 0 Å². The quantitative estimate of drug-likeness (QED) is 0.419. The van der Waals surface area contributed by atoms with Crippen molar-refractivity contribution in [3.8, 4) is 0 Å².